The van der Waals surface area contributed by atoms with Crippen molar-refractivity contribution in [2.24, 2.45) is 0 Å². The zero-order valence-electron chi connectivity index (χ0n) is 14.3. The lowest BCUT2D eigenvalue weighted by Gasteiger charge is -2.15. The van der Waals surface area contributed by atoms with Gasteiger partial charge in [0.1, 0.15) is 0 Å². The Kier molecular flexibility index (Phi) is 4.82. The van der Waals surface area contributed by atoms with Gasteiger partial charge in [-0.15, -0.1) is 0 Å². The van der Waals surface area contributed by atoms with Crippen LogP contribution in [0, 0.1) is 0 Å². The fourth-order valence-corrected chi connectivity index (χ4v) is 3.45. The molecule has 0 saturated heterocycles. The molecule has 0 spiro atoms. The quantitative estimate of drug-likeness (QED) is 0.474. The third-order valence-electron chi connectivity index (χ3n) is 4.40. The third-order valence-corrected chi connectivity index (χ3v) is 4.89. The van der Waals surface area contributed by atoms with Gasteiger partial charge in [-0.3, -0.25) is 0 Å². The molecule has 0 fully saturated rings. The van der Waals surface area contributed by atoms with Crippen molar-refractivity contribution in [2.75, 3.05) is 0 Å². The highest BCUT2D eigenvalue weighted by Crippen LogP contribution is 2.24. The number of fused-ring (bicyclic) bond motifs is 1. The Bertz CT molecular complexity index is 1040. The fourth-order valence-electron chi connectivity index (χ4n) is 3.05. The van der Waals surface area contributed by atoms with Crippen molar-refractivity contribution in [2.45, 2.75) is 19.5 Å². The molecular formula is C21H18BrN3O. The molecule has 4 rings (SSSR count). The molecule has 26 heavy (non-hydrogen) atoms. The molecule has 3 aromatic carbocycles. The largest absolute Gasteiger partial charge is 0.338 e. The van der Waals surface area contributed by atoms with E-state index in [2.05, 4.69) is 80.8 Å². The molecule has 5 heteroatoms. The molecule has 1 aromatic heterocycles. The van der Waals surface area contributed by atoms with Crippen molar-refractivity contribution in [3.8, 4) is 11.4 Å². The number of nitrogens with zero attached hydrogens (tertiary/aromatic N) is 2. The van der Waals surface area contributed by atoms with Crippen LogP contribution in [0.4, 0.5) is 0 Å². The summed E-state index contributed by atoms with van der Waals surface area (Å²) in [5, 5.41) is 10.1. The van der Waals surface area contributed by atoms with Crippen LogP contribution < -0.4 is 5.32 Å². The van der Waals surface area contributed by atoms with Crippen molar-refractivity contribution in [1.29, 1.82) is 0 Å². The molecule has 0 aliphatic carbocycles. The highest BCUT2D eigenvalue weighted by Gasteiger charge is 2.12. The van der Waals surface area contributed by atoms with Crippen molar-refractivity contribution >= 4 is 26.7 Å². The van der Waals surface area contributed by atoms with Crippen LogP contribution in [0.3, 0.4) is 0 Å². The molecule has 1 N–H and O–H groups in total. The maximum absolute atomic E-state index is 5.39. The van der Waals surface area contributed by atoms with Gasteiger partial charge in [-0.1, -0.05) is 75.7 Å². The summed E-state index contributed by atoms with van der Waals surface area (Å²) in [6.45, 7) is 2.67. The van der Waals surface area contributed by atoms with E-state index in [9.17, 15) is 0 Å². The molecule has 0 amide bonds. The highest BCUT2D eigenvalue weighted by molar-refractivity contribution is 9.10. The van der Waals surface area contributed by atoms with Crippen molar-refractivity contribution in [1.82, 2.24) is 15.5 Å². The molecule has 0 saturated carbocycles. The lowest BCUT2D eigenvalue weighted by atomic mass is 10.00. The average Bonchev–Trinajstić information content (AvgIpc) is 3.15. The Labute approximate surface area is 160 Å². The Morgan fingerprint density at radius 2 is 1.85 bits per heavy atom. The lowest BCUT2D eigenvalue weighted by Crippen LogP contribution is -2.18. The van der Waals surface area contributed by atoms with Crippen LogP contribution in [-0.2, 0) is 6.54 Å². The second-order valence-corrected chi connectivity index (χ2v) is 7.11. The van der Waals surface area contributed by atoms with E-state index >= 15 is 0 Å². The number of halogens is 1. The summed E-state index contributed by atoms with van der Waals surface area (Å²) in [5.74, 6) is 1.17. The zero-order chi connectivity index (χ0) is 17.9. The van der Waals surface area contributed by atoms with E-state index in [-0.39, 0.29) is 6.04 Å². The first-order valence-corrected chi connectivity index (χ1v) is 9.29. The molecule has 0 radical (unpaired) electrons. The van der Waals surface area contributed by atoms with Crippen LogP contribution in [0.1, 0.15) is 24.4 Å². The van der Waals surface area contributed by atoms with Gasteiger partial charge >= 0.3 is 0 Å². The number of hydrogen-bond acceptors (Lipinski definition) is 4. The van der Waals surface area contributed by atoms with Crippen LogP contribution in [0.5, 0.6) is 0 Å². The maximum atomic E-state index is 5.39. The predicted octanol–water partition coefficient (Wildman–Crippen LogP) is 5.50. The van der Waals surface area contributed by atoms with E-state index < -0.39 is 0 Å². The molecule has 0 aliphatic heterocycles. The van der Waals surface area contributed by atoms with Crippen molar-refractivity contribution < 1.29 is 4.52 Å². The minimum absolute atomic E-state index is 0.169. The smallest absolute Gasteiger partial charge is 0.240 e. The Morgan fingerprint density at radius 1 is 1.04 bits per heavy atom. The second kappa shape index (κ2) is 7.40. The van der Waals surface area contributed by atoms with E-state index in [1.165, 1.54) is 16.3 Å². The molecular weight excluding hydrogens is 390 g/mol. The van der Waals surface area contributed by atoms with Gasteiger partial charge in [0.2, 0.25) is 11.7 Å². The molecule has 1 atom stereocenters. The van der Waals surface area contributed by atoms with E-state index in [0.29, 0.717) is 18.3 Å². The minimum Gasteiger partial charge on any atom is -0.338 e. The molecule has 0 aliphatic rings. The normalized spacial score (nSPS) is 12.4. The number of nitrogens with one attached hydrogen (secondary N) is 1. The fraction of sp³-hybridized carbons (Fsp3) is 0.143. The van der Waals surface area contributed by atoms with E-state index in [0.717, 1.165) is 10.0 Å². The first kappa shape index (κ1) is 16.9. The number of hydrogen-bond donors (Lipinski definition) is 1. The maximum Gasteiger partial charge on any atom is 0.240 e. The van der Waals surface area contributed by atoms with Gasteiger partial charge in [-0.05, 0) is 35.4 Å². The molecule has 0 bridgehead atoms. The average molecular weight is 408 g/mol. The topological polar surface area (TPSA) is 51.0 Å². The standard InChI is InChI=1S/C21H18BrN3O/c1-14(18-11-5-7-15-6-2-3-10-19(15)18)23-13-20-24-21(25-26-20)16-8-4-9-17(22)12-16/h2-12,14,23H,13H2,1H3. The number of benzene rings is 3. The van der Waals surface area contributed by atoms with E-state index in [4.69, 9.17) is 4.52 Å². The van der Waals surface area contributed by atoms with E-state index in [1.807, 2.05) is 24.3 Å². The van der Waals surface area contributed by atoms with Gasteiger partial charge in [0.15, 0.2) is 0 Å². The summed E-state index contributed by atoms with van der Waals surface area (Å²) in [6.07, 6.45) is 0. The summed E-state index contributed by atoms with van der Waals surface area (Å²) in [5.41, 5.74) is 2.19. The summed E-state index contributed by atoms with van der Waals surface area (Å²) in [7, 11) is 0. The molecule has 4 aromatic rings. The summed E-state index contributed by atoms with van der Waals surface area (Å²) >= 11 is 3.46. The van der Waals surface area contributed by atoms with Gasteiger partial charge in [0.25, 0.3) is 0 Å². The van der Waals surface area contributed by atoms with Crippen LogP contribution in [0.2, 0.25) is 0 Å². The Hall–Kier alpha value is -2.50. The monoisotopic (exact) mass is 407 g/mol. The van der Waals surface area contributed by atoms with Gasteiger partial charge in [0.05, 0.1) is 6.54 Å². The summed E-state index contributed by atoms with van der Waals surface area (Å²) in [4.78, 5) is 4.49. The first-order chi connectivity index (χ1) is 12.7. The number of rotatable bonds is 5. The van der Waals surface area contributed by atoms with Crippen LogP contribution in [0.25, 0.3) is 22.2 Å². The van der Waals surface area contributed by atoms with Crippen LogP contribution in [-0.4, -0.2) is 10.1 Å². The van der Waals surface area contributed by atoms with Gasteiger partial charge in [0, 0.05) is 16.1 Å². The molecule has 4 nitrogen and oxygen atoms in total. The van der Waals surface area contributed by atoms with Crippen LogP contribution >= 0.6 is 15.9 Å². The predicted molar refractivity (Wildman–Crippen MR) is 107 cm³/mol. The number of aromatic nitrogens is 2. The highest BCUT2D eigenvalue weighted by atomic mass is 79.9. The molecule has 1 unspecified atom stereocenters. The zero-order valence-corrected chi connectivity index (χ0v) is 15.9. The molecule has 130 valence electrons. The minimum atomic E-state index is 0.169. The lowest BCUT2D eigenvalue weighted by molar-refractivity contribution is 0.361. The van der Waals surface area contributed by atoms with E-state index in [1.54, 1.807) is 0 Å². The summed E-state index contributed by atoms with van der Waals surface area (Å²) in [6, 6.07) is 22.8. The Balaban J connectivity index is 1.49. The van der Waals surface area contributed by atoms with Gasteiger partial charge in [-0.2, -0.15) is 4.98 Å². The van der Waals surface area contributed by atoms with Crippen LogP contribution in [0.15, 0.2) is 75.7 Å². The van der Waals surface area contributed by atoms with Gasteiger partial charge < -0.3 is 9.84 Å². The second-order valence-electron chi connectivity index (χ2n) is 6.19. The van der Waals surface area contributed by atoms with Crippen molar-refractivity contribution in [3.63, 3.8) is 0 Å². The first-order valence-electron chi connectivity index (χ1n) is 8.50. The van der Waals surface area contributed by atoms with Gasteiger partial charge in [-0.25, -0.2) is 0 Å². The molecule has 1 heterocycles. The summed E-state index contributed by atoms with van der Waals surface area (Å²) < 4.78 is 6.38. The van der Waals surface area contributed by atoms with Crippen molar-refractivity contribution in [3.05, 3.63) is 82.7 Å². The Morgan fingerprint density at radius 3 is 2.73 bits per heavy atom. The SMILES string of the molecule is CC(NCc1nc(-c2cccc(Br)c2)no1)c1cccc2ccccc12. The third kappa shape index (κ3) is 3.54.